The Morgan fingerprint density at radius 3 is 2.74 bits per heavy atom. The summed E-state index contributed by atoms with van der Waals surface area (Å²) in [4.78, 5) is 2.33. The van der Waals surface area contributed by atoms with Gasteiger partial charge in [0.05, 0.1) is 5.69 Å². The zero-order chi connectivity index (χ0) is 13.8. The molecular formula is C14H26N4O. The fourth-order valence-electron chi connectivity index (χ4n) is 3.01. The van der Waals surface area contributed by atoms with Crippen LogP contribution in [0.5, 0.6) is 0 Å². The molecule has 0 spiro atoms. The summed E-state index contributed by atoms with van der Waals surface area (Å²) in [6.07, 6.45) is 3.22. The summed E-state index contributed by atoms with van der Waals surface area (Å²) >= 11 is 0. The largest absolute Gasteiger partial charge is 0.381 e. The van der Waals surface area contributed by atoms with Gasteiger partial charge in [0.1, 0.15) is 5.82 Å². The second kappa shape index (κ2) is 6.39. The van der Waals surface area contributed by atoms with Crippen molar-refractivity contribution >= 4 is 5.82 Å². The third kappa shape index (κ3) is 3.28. The van der Waals surface area contributed by atoms with E-state index in [0.717, 1.165) is 50.6 Å². The minimum Gasteiger partial charge on any atom is -0.381 e. The lowest BCUT2D eigenvalue weighted by Gasteiger charge is -2.29. The van der Waals surface area contributed by atoms with E-state index >= 15 is 0 Å². The average Bonchev–Trinajstić information content (AvgIpc) is 2.66. The van der Waals surface area contributed by atoms with Crippen LogP contribution in [0.2, 0.25) is 0 Å². The van der Waals surface area contributed by atoms with E-state index in [-0.39, 0.29) is 0 Å². The van der Waals surface area contributed by atoms with Crippen molar-refractivity contribution in [2.24, 2.45) is 18.7 Å². The molecule has 1 aromatic heterocycles. The van der Waals surface area contributed by atoms with Gasteiger partial charge in [0, 0.05) is 39.4 Å². The second-order valence-electron chi connectivity index (χ2n) is 5.49. The fourth-order valence-corrected chi connectivity index (χ4v) is 3.01. The molecule has 0 unspecified atom stereocenters. The molecule has 19 heavy (non-hydrogen) atoms. The highest BCUT2D eigenvalue weighted by molar-refractivity contribution is 5.49. The van der Waals surface area contributed by atoms with Crippen molar-refractivity contribution in [2.45, 2.75) is 26.2 Å². The van der Waals surface area contributed by atoms with E-state index in [9.17, 15) is 0 Å². The summed E-state index contributed by atoms with van der Waals surface area (Å²) < 4.78 is 7.41. The number of ether oxygens (including phenoxy) is 1. The number of aryl methyl sites for hydroxylation is 2. The number of hydrogen-bond donors (Lipinski definition) is 1. The molecule has 1 fully saturated rings. The van der Waals surface area contributed by atoms with Crippen molar-refractivity contribution in [3.05, 3.63) is 11.3 Å². The summed E-state index contributed by atoms with van der Waals surface area (Å²) in [6, 6.07) is 0. The summed E-state index contributed by atoms with van der Waals surface area (Å²) in [6.45, 7) is 5.61. The Hall–Kier alpha value is -1.07. The van der Waals surface area contributed by atoms with Crippen molar-refractivity contribution in [1.29, 1.82) is 0 Å². The van der Waals surface area contributed by atoms with Gasteiger partial charge in [0.2, 0.25) is 0 Å². The minimum atomic E-state index is 0.671. The van der Waals surface area contributed by atoms with Gasteiger partial charge in [-0.1, -0.05) is 0 Å². The molecular weight excluding hydrogens is 240 g/mol. The van der Waals surface area contributed by atoms with Crippen LogP contribution in [-0.4, -0.2) is 43.1 Å². The van der Waals surface area contributed by atoms with E-state index in [2.05, 4.69) is 24.0 Å². The second-order valence-corrected chi connectivity index (χ2v) is 5.49. The molecule has 1 saturated heterocycles. The number of aromatic nitrogens is 2. The van der Waals surface area contributed by atoms with E-state index in [0.29, 0.717) is 6.54 Å². The third-order valence-electron chi connectivity index (χ3n) is 3.94. The molecule has 0 amide bonds. The summed E-state index contributed by atoms with van der Waals surface area (Å²) in [5.74, 6) is 1.94. The van der Waals surface area contributed by atoms with Crippen LogP contribution >= 0.6 is 0 Å². The van der Waals surface area contributed by atoms with Gasteiger partial charge in [0.25, 0.3) is 0 Å². The van der Waals surface area contributed by atoms with Crippen LogP contribution < -0.4 is 10.6 Å². The molecule has 0 aliphatic carbocycles. The zero-order valence-corrected chi connectivity index (χ0v) is 12.4. The predicted molar refractivity (Wildman–Crippen MR) is 77.5 cm³/mol. The zero-order valence-electron chi connectivity index (χ0n) is 12.4. The van der Waals surface area contributed by atoms with Crippen molar-refractivity contribution in [3.8, 4) is 0 Å². The smallest absolute Gasteiger partial charge is 0.129 e. The summed E-state index contributed by atoms with van der Waals surface area (Å²) in [5, 5.41) is 4.54. The standard InChI is InChI=1S/C14H26N4O/c1-11-13(4-7-15)14(18(3)16-11)17(2)10-12-5-8-19-9-6-12/h12H,4-10,15H2,1-3H3. The van der Waals surface area contributed by atoms with Crippen molar-refractivity contribution in [3.63, 3.8) is 0 Å². The van der Waals surface area contributed by atoms with E-state index in [1.54, 1.807) is 0 Å². The van der Waals surface area contributed by atoms with Gasteiger partial charge in [-0.05, 0) is 38.6 Å². The van der Waals surface area contributed by atoms with Gasteiger partial charge in [-0.25, -0.2) is 0 Å². The van der Waals surface area contributed by atoms with Gasteiger partial charge in [0.15, 0.2) is 0 Å². The van der Waals surface area contributed by atoms with Crippen LogP contribution in [0.15, 0.2) is 0 Å². The molecule has 2 rings (SSSR count). The maximum Gasteiger partial charge on any atom is 0.129 e. The van der Waals surface area contributed by atoms with Crippen molar-refractivity contribution in [1.82, 2.24) is 9.78 Å². The van der Waals surface area contributed by atoms with Gasteiger partial charge < -0.3 is 15.4 Å². The quantitative estimate of drug-likeness (QED) is 0.867. The highest BCUT2D eigenvalue weighted by atomic mass is 16.5. The minimum absolute atomic E-state index is 0.671. The highest BCUT2D eigenvalue weighted by Crippen LogP contribution is 2.25. The van der Waals surface area contributed by atoms with Crippen LogP contribution in [0.1, 0.15) is 24.1 Å². The van der Waals surface area contributed by atoms with Crippen LogP contribution in [0.25, 0.3) is 0 Å². The number of nitrogens with two attached hydrogens (primary N) is 1. The molecule has 5 heteroatoms. The SMILES string of the molecule is Cc1nn(C)c(N(C)CC2CCOCC2)c1CCN. The molecule has 0 atom stereocenters. The molecule has 1 aliphatic rings. The van der Waals surface area contributed by atoms with Gasteiger partial charge in [-0.2, -0.15) is 5.10 Å². The molecule has 0 bridgehead atoms. The Kier molecular flexibility index (Phi) is 4.82. The van der Waals surface area contributed by atoms with E-state index in [1.807, 2.05) is 11.7 Å². The lowest BCUT2D eigenvalue weighted by atomic mass is 9.99. The summed E-state index contributed by atoms with van der Waals surface area (Å²) in [7, 11) is 4.18. The lowest BCUT2D eigenvalue weighted by molar-refractivity contribution is 0.0684. The maximum atomic E-state index is 5.72. The Labute approximate surface area is 115 Å². The lowest BCUT2D eigenvalue weighted by Crippen LogP contribution is -2.31. The Bertz CT molecular complexity index is 410. The van der Waals surface area contributed by atoms with Crippen LogP contribution in [0, 0.1) is 12.8 Å². The Morgan fingerprint density at radius 1 is 1.42 bits per heavy atom. The Balaban J connectivity index is 2.10. The van der Waals surface area contributed by atoms with Crippen molar-refractivity contribution < 1.29 is 4.74 Å². The third-order valence-corrected chi connectivity index (χ3v) is 3.94. The number of rotatable bonds is 5. The molecule has 0 aromatic carbocycles. The molecule has 2 N–H and O–H groups in total. The number of nitrogens with zero attached hydrogens (tertiary/aromatic N) is 3. The molecule has 0 saturated carbocycles. The molecule has 1 aliphatic heterocycles. The van der Waals surface area contributed by atoms with E-state index in [4.69, 9.17) is 10.5 Å². The maximum absolute atomic E-state index is 5.72. The fraction of sp³-hybridized carbons (Fsp3) is 0.786. The molecule has 5 nitrogen and oxygen atoms in total. The first-order chi connectivity index (χ1) is 9.13. The predicted octanol–water partition coefficient (Wildman–Crippen LogP) is 1.09. The van der Waals surface area contributed by atoms with Crippen LogP contribution in [0.3, 0.4) is 0 Å². The van der Waals surface area contributed by atoms with Gasteiger partial charge in [-0.15, -0.1) is 0 Å². The van der Waals surface area contributed by atoms with E-state index < -0.39 is 0 Å². The van der Waals surface area contributed by atoms with Crippen molar-refractivity contribution in [2.75, 3.05) is 38.3 Å². The van der Waals surface area contributed by atoms with Gasteiger partial charge >= 0.3 is 0 Å². The topological polar surface area (TPSA) is 56.3 Å². The van der Waals surface area contributed by atoms with Crippen LogP contribution in [0.4, 0.5) is 5.82 Å². The van der Waals surface area contributed by atoms with Gasteiger partial charge in [-0.3, -0.25) is 4.68 Å². The monoisotopic (exact) mass is 266 g/mol. The molecule has 1 aromatic rings. The highest BCUT2D eigenvalue weighted by Gasteiger charge is 2.20. The number of hydrogen-bond acceptors (Lipinski definition) is 4. The van der Waals surface area contributed by atoms with E-state index in [1.165, 1.54) is 11.4 Å². The molecule has 2 heterocycles. The first-order valence-corrected chi connectivity index (χ1v) is 7.15. The normalized spacial score (nSPS) is 16.8. The number of anilines is 1. The molecule has 108 valence electrons. The first kappa shape index (κ1) is 14.3. The Morgan fingerprint density at radius 2 is 2.11 bits per heavy atom. The summed E-state index contributed by atoms with van der Waals surface area (Å²) in [5.41, 5.74) is 8.11. The van der Waals surface area contributed by atoms with Crippen LogP contribution in [-0.2, 0) is 18.2 Å². The molecule has 0 radical (unpaired) electrons. The first-order valence-electron chi connectivity index (χ1n) is 7.15. The average molecular weight is 266 g/mol.